The molecule has 2 aromatic rings. The minimum absolute atomic E-state index is 0.306. The molecule has 0 unspecified atom stereocenters. The van der Waals surface area contributed by atoms with E-state index in [0.717, 1.165) is 0 Å². The third-order valence-corrected chi connectivity index (χ3v) is 1.56. The number of anilines is 1. The summed E-state index contributed by atoms with van der Waals surface area (Å²) < 4.78 is 4.43. The van der Waals surface area contributed by atoms with Crippen molar-refractivity contribution in [3.63, 3.8) is 0 Å². The molecule has 0 aliphatic rings. The van der Waals surface area contributed by atoms with Gasteiger partial charge in [0.15, 0.2) is 5.52 Å². The van der Waals surface area contributed by atoms with Gasteiger partial charge in [0, 0.05) is 16.2 Å². The smallest absolute Gasteiger partial charge is 0.284 e. The van der Waals surface area contributed by atoms with Crippen LogP contribution in [0.25, 0.3) is 11.0 Å². The van der Waals surface area contributed by atoms with Crippen LogP contribution >= 0.6 is 0 Å². The lowest BCUT2D eigenvalue weighted by molar-refractivity contribution is -0.377. The number of nitrogen functional groups attached to an aromatic ring is 1. The highest BCUT2D eigenvalue weighted by Crippen LogP contribution is 2.21. The van der Waals surface area contributed by atoms with Gasteiger partial charge in [0.1, 0.15) is 0 Å². The van der Waals surface area contributed by atoms with Crippen LogP contribution < -0.4 is 10.9 Å². The van der Waals surface area contributed by atoms with Crippen molar-refractivity contribution in [2.75, 3.05) is 5.73 Å². The number of nitrogens with one attached hydrogen (secondary N) is 1. The number of rotatable bonds is 1. The first-order chi connectivity index (χ1) is 5.83. The van der Waals surface area contributed by atoms with Crippen LogP contribution in [0.3, 0.4) is 0 Å². The highest BCUT2D eigenvalue weighted by Gasteiger charge is 2.13. The Bertz CT molecular complexity index is 436. The van der Waals surface area contributed by atoms with E-state index in [2.05, 4.69) is 14.9 Å². The summed E-state index contributed by atoms with van der Waals surface area (Å²) in [6.45, 7) is 0. The van der Waals surface area contributed by atoms with Crippen LogP contribution in [0.15, 0.2) is 16.8 Å². The van der Waals surface area contributed by atoms with E-state index in [9.17, 15) is 4.91 Å². The summed E-state index contributed by atoms with van der Waals surface area (Å²) in [7, 11) is 0. The Labute approximate surface area is 66.3 Å². The summed E-state index contributed by atoms with van der Waals surface area (Å²) >= 11 is 0. The van der Waals surface area contributed by atoms with E-state index in [1.54, 1.807) is 11.2 Å². The van der Waals surface area contributed by atoms with Crippen LogP contribution in [0.2, 0.25) is 0 Å². The monoisotopic (exact) mass is 165 g/mol. The number of hydrogen-bond acceptors (Lipinski definition) is 5. The van der Waals surface area contributed by atoms with Crippen LogP contribution in [-0.4, -0.2) is 10.3 Å². The van der Waals surface area contributed by atoms with E-state index in [0.29, 0.717) is 22.4 Å². The normalized spacial score (nSPS) is 10.3. The lowest BCUT2D eigenvalue weighted by Gasteiger charge is -1.88. The molecule has 0 amide bonds. The average molecular weight is 165 g/mol. The summed E-state index contributed by atoms with van der Waals surface area (Å²) in [5.41, 5.74) is 7.02. The Kier molecular flexibility index (Phi) is 1.26. The van der Waals surface area contributed by atoms with Gasteiger partial charge in [-0.3, -0.25) is 0 Å². The van der Waals surface area contributed by atoms with Gasteiger partial charge in [-0.2, -0.15) is 0 Å². The molecule has 0 radical (unpaired) electrons. The van der Waals surface area contributed by atoms with Gasteiger partial charge in [0.25, 0.3) is 5.69 Å². The SMILES string of the molecule is Nc1ccc([NH+]=O)c2nonc12. The Balaban J connectivity index is 2.91. The topological polar surface area (TPSA) is 96.0 Å². The van der Waals surface area contributed by atoms with Crippen LogP contribution in [0.1, 0.15) is 0 Å². The van der Waals surface area contributed by atoms with Gasteiger partial charge in [-0.15, -0.1) is 0 Å². The van der Waals surface area contributed by atoms with Crippen molar-refractivity contribution in [1.29, 1.82) is 0 Å². The molecule has 2 rings (SSSR count). The maximum atomic E-state index is 10.4. The highest BCUT2D eigenvalue weighted by molar-refractivity contribution is 5.91. The first kappa shape index (κ1) is 6.71. The number of fused-ring (bicyclic) bond motifs is 1. The average Bonchev–Trinajstić information content (AvgIpc) is 2.54. The second kappa shape index (κ2) is 2.26. The number of hydrogen-bond donors (Lipinski definition) is 2. The van der Waals surface area contributed by atoms with Gasteiger partial charge < -0.3 is 5.73 Å². The van der Waals surface area contributed by atoms with Crippen molar-refractivity contribution >= 4 is 22.4 Å². The fourth-order valence-corrected chi connectivity index (χ4v) is 0.968. The van der Waals surface area contributed by atoms with Crippen LogP contribution in [0, 0.1) is 4.91 Å². The quantitative estimate of drug-likeness (QED) is 0.544. The standard InChI is InChI=1S/C6H4N4O2/c7-3-1-2-4(8-11)6-5(3)9-12-10-6/h1-2H,7H2/p+1. The molecule has 3 N–H and O–H groups in total. The van der Waals surface area contributed by atoms with Crippen molar-refractivity contribution < 1.29 is 9.81 Å². The van der Waals surface area contributed by atoms with Gasteiger partial charge in [-0.25, -0.2) is 4.63 Å². The predicted molar refractivity (Wildman–Crippen MR) is 40.2 cm³/mol. The molecule has 0 saturated carbocycles. The van der Waals surface area contributed by atoms with E-state index in [4.69, 9.17) is 5.73 Å². The second-order valence-corrected chi connectivity index (χ2v) is 2.27. The zero-order chi connectivity index (χ0) is 8.55. The third-order valence-electron chi connectivity index (χ3n) is 1.56. The highest BCUT2D eigenvalue weighted by atomic mass is 16.6. The Morgan fingerprint density at radius 2 is 2.08 bits per heavy atom. The molecule has 6 nitrogen and oxygen atoms in total. The molecule has 60 valence electrons. The zero-order valence-electron chi connectivity index (χ0n) is 5.94. The minimum Gasteiger partial charge on any atom is -0.397 e. The first-order valence-electron chi connectivity index (χ1n) is 3.22. The molecule has 12 heavy (non-hydrogen) atoms. The zero-order valence-corrected chi connectivity index (χ0v) is 5.94. The molecule has 1 aromatic carbocycles. The predicted octanol–water partition coefficient (Wildman–Crippen LogP) is -0.717. The fourth-order valence-electron chi connectivity index (χ4n) is 0.968. The molecular weight excluding hydrogens is 160 g/mol. The molecule has 1 heterocycles. The summed E-state index contributed by atoms with van der Waals surface area (Å²) in [4.78, 5) is 10.4. The lowest BCUT2D eigenvalue weighted by atomic mass is 10.2. The number of benzene rings is 1. The van der Waals surface area contributed by atoms with Crippen LogP contribution in [-0.2, 0) is 0 Å². The van der Waals surface area contributed by atoms with Crippen molar-refractivity contribution in [1.82, 2.24) is 10.3 Å². The van der Waals surface area contributed by atoms with Crippen molar-refractivity contribution in [3.05, 3.63) is 17.0 Å². The van der Waals surface area contributed by atoms with Gasteiger partial charge in [0.05, 0.1) is 5.69 Å². The first-order valence-corrected chi connectivity index (χ1v) is 3.22. The van der Waals surface area contributed by atoms with Crippen molar-refractivity contribution in [2.24, 2.45) is 0 Å². The number of nitroso groups, excluding NO2 is 1. The lowest BCUT2D eigenvalue weighted by Crippen LogP contribution is -2.55. The summed E-state index contributed by atoms with van der Waals surface area (Å²) in [6.07, 6.45) is 0. The van der Waals surface area contributed by atoms with Crippen LogP contribution in [0.5, 0.6) is 0 Å². The van der Waals surface area contributed by atoms with Gasteiger partial charge >= 0.3 is 0 Å². The van der Waals surface area contributed by atoms with E-state index < -0.39 is 0 Å². The molecule has 0 aliphatic carbocycles. The Morgan fingerprint density at radius 1 is 1.33 bits per heavy atom. The number of nitrogens with two attached hydrogens (primary N) is 1. The van der Waals surface area contributed by atoms with Crippen molar-refractivity contribution in [2.45, 2.75) is 0 Å². The van der Waals surface area contributed by atoms with E-state index in [1.165, 1.54) is 6.07 Å². The number of aromatic nitrogens is 2. The molecule has 6 heteroatoms. The largest absolute Gasteiger partial charge is 0.397 e. The van der Waals surface area contributed by atoms with E-state index in [-0.39, 0.29) is 0 Å². The fraction of sp³-hybridized carbons (Fsp3) is 0. The maximum absolute atomic E-state index is 10.4. The van der Waals surface area contributed by atoms with Crippen LogP contribution in [0.4, 0.5) is 11.4 Å². The Morgan fingerprint density at radius 3 is 2.83 bits per heavy atom. The van der Waals surface area contributed by atoms with Gasteiger partial charge in [0.2, 0.25) is 5.52 Å². The third kappa shape index (κ3) is 0.746. The molecule has 0 bridgehead atoms. The molecule has 0 aliphatic heterocycles. The van der Waals surface area contributed by atoms with E-state index >= 15 is 0 Å². The molecule has 0 atom stereocenters. The molecule has 0 spiro atoms. The molecular formula is C6H5N4O2+. The minimum atomic E-state index is 0.306. The van der Waals surface area contributed by atoms with Crippen molar-refractivity contribution in [3.8, 4) is 0 Å². The number of nitrogens with zero attached hydrogens (tertiary/aromatic N) is 2. The summed E-state index contributed by atoms with van der Waals surface area (Å²) in [6, 6.07) is 3.08. The molecule has 0 saturated heterocycles. The molecule has 0 fully saturated rings. The Hall–Kier alpha value is -1.98. The molecule has 1 aromatic heterocycles. The van der Waals surface area contributed by atoms with E-state index in [1.807, 2.05) is 0 Å². The van der Waals surface area contributed by atoms with Gasteiger partial charge in [-0.1, -0.05) is 0 Å². The maximum Gasteiger partial charge on any atom is 0.284 e. The van der Waals surface area contributed by atoms with Gasteiger partial charge in [-0.05, 0) is 16.4 Å². The summed E-state index contributed by atoms with van der Waals surface area (Å²) in [5, 5.41) is 8.77. The summed E-state index contributed by atoms with van der Waals surface area (Å²) in [5.74, 6) is 0. The second-order valence-electron chi connectivity index (χ2n) is 2.27.